The minimum atomic E-state index is -0.231. The van der Waals surface area contributed by atoms with Gasteiger partial charge in [0.05, 0.1) is 7.11 Å². The molecule has 0 bridgehead atoms. The number of methoxy groups -OCH3 is 1. The predicted molar refractivity (Wildman–Crippen MR) is 75.1 cm³/mol. The van der Waals surface area contributed by atoms with E-state index in [1.165, 1.54) is 12.4 Å². The lowest BCUT2D eigenvalue weighted by atomic mass is 10.0. The summed E-state index contributed by atoms with van der Waals surface area (Å²) >= 11 is 3.59. The summed E-state index contributed by atoms with van der Waals surface area (Å²) in [6, 6.07) is 6.57. The normalized spacial score (nSPS) is 12.2. The molecule has 0 aliphatic carbocycles. The first-order valence-corrected chi connectivity index (χ1v) is 6.76. The first-order chi connectivity index (χ1) is 9.10. The molecule has 0 radical (unpaired) electrons. The van der Waals surface area contributed by atoms with Crippen molar-refractivity contribution in [1.29, 1.82) is 0 Å². The number of ether oxygens (including phenoxy) is 1. The number of hydrogen-bond acceptors (Lipinski definition) is 3. The molecule has 1 aromatic carbocycles. The van der Waals surface area contributed by atoms with Crippen LogP contribution < -0.4 is 4.74 Å². The molecule has 0 amide bonds. The molecule has 0 saturated heterocycles. The topological polar surface area (TPSA) is 35.0 Å². The van der Waals surface area contributed by atoms with Crippen molar-refractivity contribution in [1.82, 2.24) is 9.97 Å². The molecular formula is C14H14BrFN2O. The third kappa shape index (κ3) is 3.50. The van der Waals surface area contributed by atoms with E-state index < -0.39 is 0 Å². The quantitative estimate of drug-likeness (QED) is 0.806. The second-order valence-corrected chi connectivity index (χ2v) is 5.33. The first kappa shape index (κ1) is 13.9. The highest BCUT2D eigenvalue weighted by Gasteiger charge is 2.13. The van der Waals surface area contributed by atoms with Gasteiger partial charge in [-0.1, -0.05) is 22.0 Å². The summed E-state index contributed by atoms with van der Waals surface area (Å²) in [7, 11) is 1.56. The summed E-state index contributed by atoms with van der Waals surface area (Å²) in [5, 5.41) is 0. The lowest BCUT2D eigenvalue weighted by Crippen LogP contribution is -2.01. The van der Waals surface area contributed by atoms with Crippen molar-refractivity contribution in [3.63, 3.8) is 0 Å². The molecule has 0 fully saturated rings. The van der Waals surface area contributed by atoms with Gasteiger partial charge >= 0.3 is 0 Å². The Kier molecular flexibility index (Phi) is 4.47. The number of benzene rings is 1. The third-order valence-corrected chi connectivity index (χ3v) is 3.69. The molecule has 1 heterocycles. The molecule has 0 saturated carbocycles. The number of rotatable bonds is 4. The van der Waals surface area contributed by atoms with Crippen LogP contribution in [0.4, 0.5) is 4.39 Å². The van der Waals surface area contributed by atoms with Crippen molar-refractivity contribution >= 4 is 15.9 Å². The first-order valence-electron chi connectivity index (χ1n) is 5.85. The van der Waals surface area contributed by atoms with Crippen LogP contribution in [0, 0.1) is 12.7 Å². The van der Waals surface area contributed by atoms with Crippen LogP contribution in [0.5, 0.6) is 5.88 Å². The number of hydrogen-bond donors (Lipinski definition) is 0. The zero-order chi connectivity index (χ0) is 13.8. The molecule has 2 aromatic rings. The van der Waals surface area contributed by atoms with E-state index in [1.54, 1.807) is 25.3 Å². The highest BCUT2D eigenvalue weighted by Crippen LogP contribution is 2.29. The third-order valence-electron chi connectivity index (χ3n) is 2.87. The maximum Gasteiger partial charge on any atom is 0.216 e. The number of aromatic nitrogens is 2. The standard InChI is InChI=1S/C14H14BrFN2O/c1-9-3-4-10(16)5-12(9)13(15)6-11-7-14(19-2)18-8-17-11/h3-5,7-8,13H,6H2,1-2H3. The van der Waals surface area contributed by atoms with Gasteiger partial charge in [-0.25, -0.2) is 14.4 Å². The van der Waals surface area contributed by atoms with Crippen LogP contribution in [0.2, 0.25) is 0 Å². The molecule has 0 aliphatic rings. The van der Waals surface area contributed by atoms with E-state index in [9.17, 15) is 4.39 Å². The largest absolute Gasteiger partial charge is 0.481 e. The van der Waals surface area contributed by atoms with Crippen LogP contribution in [-0.4, -0.2) is 17.1 Å². The van der Waals surface area contributed by atoms with E-state index >= 15 is 0 Å². The second-order valence-electron chi connectivity index (χ2n) is 4.22. The zero-order valence-electron chi connectivity index (χ0n) is 10.7. The van der Waals surface area contributed by atoms with Crippen LogP contribution >= 0.6 is 15.9 Å². The fourth-order valence-electron chi connectivity index (χ4n) is 1.84. The van der Waals surface area contributed by atoms with Gasteiger partial charge in [-0.15, -0.1) is 0 Å². The lowest BCUT2D eigenvalue weighted by molar-refractivity contribution is 0.396. The SMILES string of the molecule is COc1cc(CC(Br)c2cc(F)ccc2C)ncn1. The molecular weight excluding hydrogens is 311 g/mol. The van der Waals surface area contributed by atoms with Crippen molar-refractivity contribution in [2.75, 3.05) is 7.11 Å². The number of alkyl halides is 1. The Hall–Kier alpha value is -1.49. The summed E-state index contributed by atoms with van der Waals surface area (Å²) in [6.07, 6.45) is 2.11. The fourth-order valence-corrected chi connectivity index (χ4v) is 2.67. The highest BCUT2D eigenvalue weighted by molar-refractivity contribution is 9.09. The molecule has 2 rings (SSSR count). The molecule has 1 atom stereocenters. The van der Waals surface area contributed by atoms with Crippen LogP contribution in [-0.2, 0) is 6.42 Å². The van der Waals surface area contributed by atoms with Gasteiger partial charge in [0.1, 0.15) is 12.1 Å². The summed E-state index contributed by atoms with van der Waals surface area (Å²) in [4.78, 5) is 8.15. The van der Waals surface area contributed by atoms with Gasteiger partial charge < -0.3 is 4.74 Å². The Balaban J connectivity index is 2.20. The summed E-state index contributed by atoms with van der Waals surface area (Å²) in [5.74, 6) is 0.297. The van der Waals surface area contributed by atoms with Crippen molar-refractivity contribution in [3.05, 3.63) is 53.2 Å². The summed E-state index contributed by atoms with van der Waals surface area (Å²) in [6.45, 7) is 1.96. The Labute approximate surface area is 120 Å². The minimum Gasteiger partial charge on any atom is -0.481 e. The Morgan fingerprint density at radius 3 is 2.84 bits per heavy atom. The van der Waals surface area contributed by atoms with Gasteiger partial charge in [0, 0.05) is 23.0 Å². The van der Waals surface area contributed by atoms with Crippen LogP contribution in [0.1, 0.15) is 21.6 Å². The summed E-state index contributed by atoms with van der Waals surface area (Å²) in [5.41, 5.74) is 2.82. The van der Waals surface area contributed by atoms with Gasteiger partial charge in [0.25, 0.3) is 0 Å². The second kappa shape index (κ2) is 6.10. The van der Waals surface area contributed by atoms with Gasteiger partial charge in [-0.3, -0.25) is 0 Å². The Morgan fingerprint density at radius 2 is 2.11 bits per heavy atom. The highest BCUT2D eigenvalue weighted by atomic mass is 79.9. The predicted octanol–water partition coefficient (Wildman–Crippen LogP) is 3.61. The molecule has 0 spiro atoms. The maximum absolute atomic E-state index is 13.3. The van der Waals surface area contributed by atoms with Gasteiger partial charge in [-0.2, -0.15) is 0 Å². The molecule has 1 unspecified atom stereocenters. The van der Waals surface area contributed by atoms with Crippen molar-refractivity contribution in [2.24, 2.45) is 0 Å². The van der Waals surface area contributed by atoms with Gasteiger partial charge in [-0.05, 0) is 30.2 Å². The minimum absolute atomic E-state index is 0.00260. The zero-order valence-corrected chi connectivity index (χ0v) is 12.3. The average Bonchev–Trinajstić information content (AvgIpc) is 2.41. The molecule has 1 aromatic heterocycles. The average molecular weight is 325 g/mol. The molecule has 3 nitrogen and oxygen atoms in total. The molecule has 0 aliphatic heterocycles. The Morgan fingerprint density at radius 1 is 1.32 bits per heavy atom. The lowest BCUT2D eigenvalue weighted by Gasteiger charge is -2.13. The Bertz CT molecular complexity index is 577. The van der Waals surface area contributed by atoms with E-state index in [0.29, 0.717) is 12.3 Å². The van der Waals surface area contributed by atoms with Gasteiger partial charge in [0.15, 0.2) is 0 Å². The van der Waals surface area contributed by atoms with Crippen LogP contribution in [0.25, 0.3) is 0 Å². The van der Waals surface area contributed by atoms with Crippen LogP contribution in [0.3, 0.4) is 0 Å². The molecule has 0 N–H and O–H groups in total. The molecule has 100 valence electrons. The van der Waals surface area contributed by atoms with E-state index in [1.807, 2.05) is 6.92 Å². The van der Waals surface area contributed by atoms with Gasteiger partial charge in [0.2, 0.25) is 5.88 Å². The van der Waals surface area contributed by atoms with E-state index in [2.05, 4.69) is 25.9 Å². The van der Waals surface area contributed by atoms with E-state index in [4.69, 9.17) is 4.74 Å². The monoisotopic (exact) mass is 324 g/mol. The number of halogens is 2. The van der Waals surface area contributed by atoms with Crippen molar-refractivity contribution in [2.45, 2.75) is 18.2 Å². The molecule has 19 heavy (non-hydrogen) atoms. The van der Waals surface area contributed by atoms with E-state index in [0.717, 1.165) is 16.8 Å². The summed E-state index contributed by atoms with van der Waals surface area (Å²) < 4.78 is 18.4. The molecule has 5 heteroatoms. The van der Waals surface area contributed by atoms with Crippen molar-refractivity contribution < 1.29 is 9.13 Å². The number of aryl methyl sites for hydroxylation is 1. The van der Waals surface area contributed by atoms with Crippen LogP contribution in [0.15, 0.2) is 30.6 Å². The van der Waals surface area contributed by atoms with Crippen molar-refractivity contribution in [3.8, 4) is 5.88 Å². The smallest absolute Gasteiger partial charge is 0.216 e. The maximum atomic E-state index is 13.3. The van der Waals surface area contributed by atoms with E-state index in [-0.39, 0.29) is 10.6 Å². The fraction of sp³-hybridized carbons (Fsp3) is 0.286. The number of nitrogens with zero attached hydrogens (tertiary/aromatic N) is 2.